The molecule has 3 heterocycles. The molecule has 0 saturated carbocycles. The lowest BCUT2D eigenvalue weighted by molar-refractivity contribution is -0.136. The van der Waals surface area contributed by atoms with Gasteiger partial charge in [0.1, 0.15) is 6.04 Å². The summed E-state index contributed by atoms with van der Waals surface area (Å²) in [6.07, 6.45) is 1.32. The van der Waals surface area contributed by atoms with Gasteiger partial charge in [0.25, 0.3) is 5.91 Å². The van der Waals surface area contributed by atoms with E-state index >= 15 is 0 Å². The molecule has 3 aliphatic rings. The largest absolute Gasteiger partial charge is 0.465 e. The van der Waals surface area contributed by atoms with Crippen molar-refractivity contribution >= 4 is 23.8 Å². The molecule has 2 saturated heterocycles. The Morgan fingerprint density at radius 2 is 2.04 bits per heavy atom. The van der Waals surface area contributed by atoms with Crippen molar-refractivity contribution in [3.63, 3.8) is 0 Å². The summed E-state index contributed by atoms with van der Waals surface area (Å²) in [5, 5.41) is 11.4. The number of carboxylic acid groups (broad SMARTS) is 1. The summed E-state index contributed by atoms with van der Waals surface area (Å²) < 4.78 is 0. The highest BCUT2D eigenvalue weighted by atomic mass is 16.4. The molecule has 3 aliphatic heterocycles. The Morgan fingerprint density at radius 3 is 2.74 bits per heavy atom. The molecule has 0 aromatic heterocycles. The van der Waals surface area contributed by atoms with Gasteiger partial charge in [-0.3, -0.25) is 19.7 Å². The molecule has 2 fully saturated rings. The van der Waals surface area contributed by atoms with E-state index in [0.29, 0.717) is 31.6 Å². The van der Waals surface area contributed by atoms with Crippen LogP contribution in [0.4, 0.5) is 4.79 Å². The first kappa shape index (κ1) is 17.5. The summed E-state index contributed by atoms with van der Waals surface area (Å²) in [5.74, 6) is -0.603. The summed E-state index contributed by atoms with van der Waals surface area (Å²) >= 11 is 0. The summed E-state index contributed by atoms with van der Waals surface area (Å²) in [5.41, 5.74) is 2.56. The van der Waals surface area contributed by atoms with E-state index < -0.39 is 18.0 Å². The average molecular weight is 371 g/mol. The van der Waals surface area contributed by atoms with E-state index in [1.807, 2.05) is 12.1 Å². The van der Waals surface area contributed by atoms with Gasteiger partial charge in [0.05, 0.1) is 0 Å². The van der Waals surface area contributed by atoms with Crippen molar-refractivity contribution in [2.45, 2.75) is 38.3 Å². The summed E-state index contributed by atoms with van der Waals surface area (Å²) in [7, 11) is 0. The van der Waals surface area contributed by atoms with E-state index in [0.717, 1.165) is 24.0 Å². The molecular weight excluding hydrogens is 350 g/mol. The van der Waals surface area contributed by atoms with Gasteiger partial charge in [-0.25, -0.2) is 4.79 Å². The fourth-order valence-corrected chi connectivity index (χ4v) is 4.26. The van der Waals surface area contributed by atoms with Crippen molar-refractivity contribution in [1.82, 2.24) is 15.1 Å². The lowest BCUT2D eigenvalue weighted by Crippen LogP contribution is -2.52. The van der Waals surface area contributed by atoms with Crippen LogP contribution < -0.4 is 5.32 Å². The van der Waals surface area contributed by atoms with Crippen LogP contribution in [0.3, 0.4) is 0 Å². The molecule has 27 heavy (non-hydrogen) atoms. The van der Waals surface area contributed by atoms with E-state index in [-0.39, 0.29) is 24.2 Å². The van der Waals surface area contributed by atoms with E-state index in [4.69, 9.17) is 5.11 Å². The second-order valence-electron chi connectivity index (χ2n) is 7.48. The third kappa shape index (κ3) is 3.27. The van der Waals surface area contributed by atoms with Gasteiger partial charge in [0, 0.05) is 31.6 Å². The number of benzene rings is 1. The second-order valence-corrected chi connectivity index (χ2v) is 7.48. The lowest BCUT2D eigenvalue weighted by atomic mass is 9.96. The van der Waals surface area contributed by atoms with E-state index in [9.17, 15) is 19.2 Å². The SMILES string of the molecule is O=C1CCC(N2Cc3cc(C[C@H]4CCN(C(=O)O)C4)ccc3C2=O)C(=O)N1. The van der Waals surface area contributed by atoms with Crippen molar-refractivity contribution in [1.29, 1.82) is 0 Å². The zero-order valence-corrected chi connectivity index (χ0v) is 14.8. The Bertz CT molecular complexity index is 837. The van der Waals surface area contributed by atoms with Gasteiger partial charge in [-0.15, -0.1) is 0 Å². The van der Waals surface area contributed by atoms with Gasteiger partial charge < -0.3 is 14.9 Å². The second kappa shape index (κ2) is 6.68. The molecule has 0 bridgehead atoms. The maximum atomic E-state index is 12.7. The molecule has 4 rings (SSSR count). The summed E-state index contributed by atoms with van der Waals surface area (Å²) in [6.45, 7) is 1.46. The number of amides is 4. The van der Waals surface area contributed by atoms with E-state index in [1.165, 1.54) is 9.80 Å². The highest BCUT2D eigenvalue weighted by molar-refractivity contribution is 6.05. The smallest absolute Gasteiger partial charge is 0.407 e. The van der Waals surface area contributed by atoms with Crippen LogP contribution in [-0.4, -0.2) is 57.9 Å². The van der Waals surface area contributed by atoms with Crippen LogP contribution >= 0.6 is 0 Å². The first-order valence-electron chi connectivity index (χ1n) is 9.16. The van der Waals surface area contributed by atoms with Crippen LogP contribution in [0.1, 0.15) is 40.7 Å². The number of likely N-dealkylation sites (tertiary alicyclic amines) is 1. The molecule has 8 heteroatoms. The van der Waals surface area contributed by atoms with E-state index in [2.05, 4.69) is 5.32 Å². The zero-order valence-electron chi connectivity index (χ0n) is 14.8. The number of rotatable bonds is 3. The fourth-order valence-electron chi connectivity index (χ4n) is 4.26. The van der Waals surface area contributed by atoms with Crippen LogP contribution in [-0.2, 0) is 22.6 Å². The Hall–Kier alpha value is -2.90. The van der Waals surface area contributed by atoms with Crippen molar-refractivity contribution in [3.05, 3.63) is 34.9 Å². The standard InChI is InChI=1S/C19H21N3O5/c23-16-4-3-15(17(24)20-16)22-10-13-8-11(1-2-14(13)18(22)25)7-12-5-6-21(9-12)19(26)27/h1-2,8,12,15H,3-7,9-10H2,(H,26,27)(H,20,23,24)/t12-,15?/m1/s1. The van der Waals surface area contributed by atoms with Gasteiger partial charge >= 0.3 is 6.09 Å². The van der Waals surface area contributed by atoms with Gasteiger partial charge in [0.15, 0.2) is 0 Å². The number of hydrogen-bond acceptors (Lipinski definition) is 4. The molecule has 1 unspecified atom stereocenters. The Labute approximate surface area is 156 Å². The molecule has 2 atom stereocenters. The number of nitrogens with one attached hydrogen (secondary N) is 1. The molecule has 0 radical (unpaired) electrons. The molecular formula is C19H21N3O5. The predicted molar refractivity (Wildman–Crippen MR) is 93.9 cm³/mol. The maximum absolute atomic E-state index is 12.7. The first-order valence-corrected chi connectivity index (χ1v) is 9.16. The van der Waals surface area contributed by atoms with Crippen LogP contribution in [0.2, 0.25) is 0 Å². The number of carbonyl (C=O) groups is 4. The van der Waals surface area contributed by atoms with Gasteiger partial charge in [-0.1, -0.05) is 12.1 Å². The van der Waals surface area contributed by atoms with Crippen molar-refractivity contribution < 1.29 is 24.3 Å². The molecule has 8 nitrogen and oxygen atoms in total. The fraction of sp³-hybridized carbons (Fsp3) is 0.474. The maximum Gasteiger partial charge on any atom is 0.407 e. The highest BCUT2D eigenvalue weighted by Crippen LogP contribution is 2.29. The Balaban J connectivity index is 1.46. The van der Waals surface area contributed by atoms with Gasteiger partial charge in [-0.2, -0.15) is 0 Å². The number of imide groups is 1. The summed E-state index contributed by atoms with van der Waals surface area (Å²) in [6, 6.07) is 5.09. The quantitative estimate of drug-likeness (QED) is 0.771. The lowest BCUT2D eigenvalue weighted by Gasteiger charge is -2.29. The van der Waals surface area contributed by atoms with Crippen LogP contribution in [0.5, 0.6) is 0 Å². The number of fused-ring (bicyclic) bond motifs is 1. The third-order valence-electron chi connectivity index (χ3n) is 5.67. The van der Waals surface area contributed by atoms with E-state index in [1.54, 1.807) is 6.07 Å². The number of hydrogen-bond donors (Lipinski definition) is 2. The number of piperidine rings is 1. The molecule has 0 aliphatic carbocycles. The molecule has 1 aromatic carbocycles. The molecule has 142 valence electrons. The van der Waals surface area contributed by atoms with Crippen LogP contribution in [0.25, 0.3) is 0 Å². The molecule has 0 spiro atoms. The van der Waals surface area contributed by atoms with Crippen LogP contribution in [0.15, 0.2) is 18.2 Å². The van der Waals surface area contributed by atoms with Gasteiger partial charge in [0.2, 0.25) is 11.8 Å². The van der Waals surface area contributed by atoms with Crippen molar-refractivity contribution in [3.8, 4) is 0 Å². The van der Waals surface area contributed by atoms with Crippen molar-refractivity contribution in [2.75, 3.05) is 13.1 Å². The third-order valence-corrected chi connectivity index (χ3v) is 5.67. The zero-order chi connectivity index (χ0) is 19.1. The minimum absolute atomic E-state index is 0.177. The molecule has 1 aromatic rings. The number of carbonyl (C=O) groups excluding carboxylic acids is 3. The average Bonchev–Trinajstić information content (AvgIpc) is 3.20. The Kier molecular flexibility index (Phi) is 4.33. The molecule has 4 amide bonds. The highest BCUT2D eigenvalue weighted by Gasteiger charge is 2.39. The van der Waals surface area contributed by atoms with Crippen LogP contribution in [0, 0.1) is 5.92 Å². The molecule has 2 N–H and O–H groups in total. The summed E-state index contributed by atoms with van der Waals surface area (Å²) in [4.78, 5) is 50.1. The predicted octanol–water partition coefficient (Wildman–Crippen LogP) is 0.990. The normalized spacial score (nSPS) is 25.0. The minimum Gasteiger partial charge on any atom is -0.465 e. The topological polar surface area (TPSA) is 107 Å². The van der Waals surface area contributed by atoms with Crippen molar-refractivity contribution in [2.24, 2.45) is 5.92 Å². The first-order chi connectivity index (χ1) is 12.9. The van der Waals surface area contributed by atoms with Gasteiger partial charge in [-0.05, 0) is 42.4 Å². The Morgan fingerprint density at radius 1 is 1.22 bits per heavy atom. The monoisotopic (exact) mass is 371 g/mol. The number of nitrogens with zero attached hydrogens (tertiary/aromatic N) is 2. The minimum atomic E-state index is -0.878.